The van der Waals surface area contributed by atoms with Crippen molar-refractivity contribution >= 4 is 11.6 Å². The SMILES string of the molecule is Cc1ncn(-c2ccc(NC(=O)c3cncnc3)cc2)c1C. The summed E-state index contributed by atoms with van der Waals surface area (Å²) >= 11 is 0. The van der Waals surface area contributed by atoms with E-state index in [9.17, 15) is 4.79 Å². The molecule has 3 rings (SSSR count). The Morgan fingerprint density at radius 1 is 1.09 bits per heavy atom. The number of amides is 1. The van der Waals surface area contributed by atoms with Crippen LogP contribution in [0, 0.1) is 13.8 Å². The Labute approximate surface area is 127 Å². The van der Waals surface area contributed by atoms with Crippen molar-refractivity contribution in [2.24, 2.45) is 0 Å². The van der Waals surface area contributed by atoms with Crippen LogP contribution < -0.4 is 5.32 Å². The second-order valence-electron chi connectivity index (χ2n) is 4.91. The van der Waals surface area contributed by atoms with Gasteiger partial charge in [-0.15, -0.1) is 0 Å². The largest absolute Gasteiger partial charge is 0.322 e. The molecule has 6 heteroatoms. The van der Waals surface area contributed by atoms with E-state index in [-0.39, 0.29) is 5.91 Å². The van der Waals surface area contributed by atoms with E-state index in [1.807, 2.05) is 42.7 Å². The molecule has 0 fully saturated rings. The molecule has 3 aromatic rings. The lowest BCUT2D eigenvalue weighted by molar-refractivity contribution is 0.102. The van der Waals surface area contributed by atoms with Crippen molar-refractivity contribution in [1.29, 1.82) is 0 Å². The van der Waals surface area contributed by atoms with Gasteiger partial charge in [0.15, 0.2) is 0 Å². The fraction of sp³-hybridized carbons (Fsp3) is 0.125. The second kappa shape index (κ2) is 5.77. The molecule has 0 atom stereocenters. The molecule has 1 aromatic carbocycles. The van der Waals surface area contributed by atoms with Gasteiger partial charge in [-0.1, -0.05) is 0 Å². The highest BCUT2D eigenvalue weighted by Gasteiger charge is 2.07. The number of hydrogen-bond acceptors (Lipinski definition) is 4. The Balaban J connectivity index is 1.77. The first-order valence-corrected chi connectivity index (χ1v) is 6.82. The third kappa shape index (κ3) is 2.71. The zero-order chi connectivity index (χ0) is 15.5. The van der Waals surface area contributed by atoms with Gasteiger partial charge in [0.2, 0.25) is 0 Å². The quantitative estimate of drug-likeness (QED) is 0.805. The van der Waals surface area contributed by atoms with Gasteiger partial charge in [-0.2, -0.15) is 0 Å². The molecule has 0 aliphatic heterocycles. The van der Waals surface area contributed by atoms with E-state index in [4.69, 9.17) is 0 Å². The predicted octanol–water partition coefficient (Wildman–Crippen LogP) is 2.53. The van der Waals surface area contributed by atoms with Crippen molar-refractivity contribution in [2.45, 2.75) is 13.8 Å². The Bertz CT molecular complexity index is 793. The maximum Gasteiger partial charge on any atom is 0.258 e. The molecule has 22 heavy (non-hydrogen) atoms. The van der Waals surface area contributed by atoms with E-state index >= 15 is 0 Å². The monoisotopic (exact) mass is 293 g/mol. The molecule has 0 radical (unpaired) electrons. The van der Waals surface area contributed by atoms with Gasteiger partial charge in [-0.3, -0.25) is 4.79 Å². The molecule has 0 aliphatic rings. The van der Waals surface area contributed by atoms with Crippen LogP contribution in [0.15, 0.2) is 49.3 Å². The molecule has 0 saturated heterocycles. The first kappa shape index (κ1) is 13.9. The maximum atomic E-state index is 12.0. The van der Waals surface area contributed by atoms with Crippen LogP contribution in [0.25, 0.3) is 5.69 Å². The Morgan fingerprint density at radius 3 is 2.36 bits per heavy atom. The molecule has 1 amide bonds. The predicted molar refractivity (Wildman–Crippen MR) is 83.0 cm³/mol. The van der Waals surface area contributed by atoms with Crippen LogP contribution in [0.3, 0.4) is 0 Å². The Morgan fingerprint density at radius 2 is 1.77 bits per heavy atom. The molecule has 0 bridgehead atoms. The molecule has 0 spiro atoms. The summed E-state index contributed by atoms with van der Waals surface area (Å²) in [6.07, 6.45) is 6.14. The first-order valence-electron chi connectivity index (χ1n) is 6.82. The van der Waals surface area contributed by atoms with Crippen molar-refractivity contribution in [1.82, 2.24) is 19.5 Å². The second-order valence-corrected chi connectivity index (χ2v) is 4.91. The maximum absolute atomic E-state index is 12.0. The number of benzene rings is 1. The zero-order valence-electron chi connectivity index (χ0n) is 12.3. The average molecular weight is 293 g/mol. The minimum Gasteiger partial charge on any atom is -0.322 e. The minimum atomic E-state index is -0.233. The van der Waals surface area contributed by atoms with Gasteiger partial charge in [0.05, 0.1) is 17.6 Å². The van der Waals surface area contributed by atoms with Crippen molar-refractivity contribution in [2.75, 3.05) is 5.32 Å². The number of imidazole rings is 1. The van der Waals surface area contributed by atoms with Crippen LogP contribution in [-0.4, -0.2) is 25.4 Å². The van der Waals surface area contributed by atoms with Crippen molar-refractivity contribution in [3.05, 3.63) is 66.3 Å². The minimum absolute atomic E-state index is 0.233. The Hall–Kier alpha value is -3.02. The summed E-state index contributed by atoms with van der Waals surface area (Å²) in [5.41, 5.74) is 4.23. The number of anilines is 1. The summed E-state index contributed by atoms with van der Waals surface area (Å²) in [6.45, 7) is 4.00. The number of hydrogen-bond donors (Lipinski definition) is 1. The van der Waals surface area contributed by atoms with Gasteiger partial charge in [0.25, 0.3) is 5.91 Å². The third-order valence-corrected chi connectivity index (χ3v) is 3.48. The van der Waals surface area contributed by atoms with Crippen LogP contribution in [0.1, 0.15) is 21.7 Å². The van der Waals surface area contributed by atoms with Crippen molar-refractivity contribution in [3.63, 3.8) is 0 Å². The highest BCUT2D eigenvalue weighted by Crippen LogP contribution is 2.17. The number of aromatic nitrogens is 4. The molecule has 6 nitrogen and oxygen atoms in total. The highest BCUT2D eigenvalue weighted by atomic mass is 16.1. The number of carbonyl (C=O) groups is 1. The van der Waals surface area contributed by atoms with E-state index < -0.39 is 0 Å². The molecule has 110 valence electrons. The number of aryl methyl sites for hydroxylation is 1. The summed E-state index contributed by atoms with van der Waals surface area (Å²) in [7, 11) is 0. The van der Waals surface area contributed by atoms with Gasteiger partial charge in [0.1, 0.15) is 6.33 Å². The molecule has 0 aliphatic carbocycles. The highest BCUT2D eigenvalue weighted by molar-refractivity contribution is 6.03. The zero-order valence-corrected chi connectivity index (χ0v) is 12.3. The molecule has 1 N–H and O–H groups in total. The molecule has 0 saturated carbocycles. The van der Waals surface area contributed by atoms with E-state index in [0.717, 1.165) is 17.1 Å². The molecule has 0 unspecified atom stereocenters. The van der Waals surface area contributed by atoms with Gasteiger partial charge >= 0.3 is 0 Å². The number of nitrogens with one attached hydrogen (secondary N) is 1. The lowest BCUT2D eigenvalue weighted by atomic mass is 10.2. The van der Waals surface area contributed by atoms with Gasteiger partial charge in [-0.25, -0.2) is 15.0 Å². The lowest BCUT2D eigenvalue weighted by Crippen LogP contribution is -2.12. The van der Waals surface area contributed by atoms with Crippen LogP contribution >= 0.6 is 0 Å². The van der Waals surface area contributed by atoms with Crippen LogP contribution in [0.4, 0.5) is 5.69 Å². The first-order chi connectivity index (χ1) is 10.6. The third-order valence-electron chi connectivity index (χ3n) is 3.48. The topological polar surface area (TPSA) is 72.7 Å². The molecular weight excluding hydrogens is 278 g/mol. The lowest BCUT2D eigenvalue weighted by Gasteiger charge is -2.08. The van der Waals surface area contributed by atoms with Gasteiger partial charge in [-0.05, 0) is 38.1 Å². The summed E-state index contributed by atoms with van der Waals surface area (Å²) in [5.74, 6) is -0.233. The summed E-state index contributed by atoms with van der Waals surface area (Å²) in [5, 5.41) is 2.81. The molecule has 2 heterocycles. The van der Waals surface area contributed by atoms with Crippen LogP contribution in [0.2, 0.25) is 0 Å². The average Bonchev–Trinajstić information content (AvgIpc) is 2.89. The van der Waals surface area contributed by atoms with E-state index in [1.54, 1.807) is 6.33 Å². The van der Waals surface area contributed by atoms with E-state index in [0.29, 0.717) is 11.3 Å². The van der Waals surface area contributed by atoms with E-state index in [1.165, 1.54) is 18.7 Å². The number of carbonyl (C=O) groups excluding carboxylic acids is 1. The normalized spacial score (nSPS) is 10.5. The van der Waals surface area contributed by atoms with Crippen LogP contribution in [0.5, 0.6) is 0 Å². The van der Waals surface area contributed by atoms with Crippen LogP contribution in [-0.2, 0) is 0 Å². The van der Waals surface area contributed by atoms with Gasteiger partial charge in [0, 0.05) is 29.5 Å². The summed E-state index contributed by atoms with van der Waals surface area (Å²) < 4.78 is 2.01. The van der Waals surface area contributed by atoms with Crippen molar-refractivity contribution < 1.29 is 4.79 Å². The fourth-order valence-corrected chi connectivity index (χ4v) is 2.08. The number of nitrogens with zero attached hydrogens (tertiary/aromatic N) is 4. The van der Waals surface area contributed by atoms with Gasteiger partial charge < -0.3 is 9.88 Å². The molecule has 2 aromatic heterocycles. The van der Waals surface area contributed by atoms with Crippen molar-refractivity contribution in [3.8, 4) is 5.69 Å². The summed E-state index contributed by atoms with van der Waals surface area (Å²) in [6, 6.07) is 7.58. The summed E-state index contributed by atoms with van der Waals surface area (Å²) in [4.78, 5) is 24.0. The standard InChI is InChI=1S/C16H15N5O/c1-11-12(2)21(10-19-11)15-5-3-14(4-6-15)20-16(22)13-7-17-9-18-8-13/h3-10H,1-2H3,(H,20,22). The van der Waals surface area contributed by atoms with E-state index in [2.05, 4.69) is 20.3 Å². The Kier molecular flexibility index (Phi) is 3.65. The number of rotatable bonds is 3. The fourth-order valence-electron chi connectivity index (χ4n) is 2.08. The molecular formula is C16H15N5O. The smallest absolute Gasteiger partial charge is 0.258 e.